The van der Waals surface area contributed by atoms with Crippen molar-refractivity contribution in [3.63, 3.8) is 0 Å². The van der Waals surface area contributed by atoms with E-state index < -0.39 is 0 Å². The molecule has 0 aliphatic rings. The third kappa shape index (κ3) is 5.41. The van der Waals surface area contributed by atoms with Crippen LogP contribution < -0.4 is 5.73 Å². The van der Waals surface area contributed by atoms with Crippen molar-refractivity contribution in [2.45, 2.75) is 43.4 Å². The van der Waals surface area contributed by atoms with E-state index in [0.29, 0.717) is 0 Å². The fraction of sp³-hybridized carbons (Fsp3) is 0.375. The van der Waals surface area contributed by atoms with Crippen molar-refractivity contribution < 1.29 is 0 Å². The van der Waals surface area contributed by atoms with Crippen LogP contribution in [0.25, 0.3) is 0 Å². The minimum absolute atomic E-state index is 0.172. The lowest BCUT2D eigenvalue weighted by molar-refractivity contribution is 0.633. The Hall–Kier alpha value is -0.910. The van der Waals surface area contributed by atoms with Gasteiger partial charge in [-0.2, -0.15) is 0 Å². The predicted molar refractivity (Wildman–Crippen MR) is 92.4 cm³/mol. The molecule has 0 bridgehead atoms. The lowest BCUT2D eigenvalue weighted by atomic mass is 10.1. The second-order valence-electron chi connectivity index (χ2n) is 5.03. The zero-order chi connectivity index (χ0) is 15.2. The quantitative estimate of drug-likeness (QED) is 0.782. The maximum atomic E-state index is 6.01. The van der Waals surface area contributed by atoms with E-state index in [1.807, 2.05) is 25.1 Å². The van der Waals surface area contributed by atoms with E-state index in [2.05, 4.69) is 45.0 Å². The Bertz CT molecular complexity index is 587. The summed E-state index contributed by atoms with van der Waals surface area (Å²) >= 11 is 5.19. The molecular formula is C16H20BrN3S. The Morgan fingerprint density at radius 1 is 1.24 bits per heavy atom. The molecule has 2 N–H and O–H groups in total. The molecular weight excluding hydrogens is 346 g/mol. The van der Waals surface area contributed by atoms with Crippen LogP contribution in [-0.4, -0.2) is 16.0 Å². The number of nitrogens with zero attached hydrogens (tertiary/aromatic N) is 2. The van der Waals surface area contributed by atoms with Crippen molar-refractivity contribution in [2.75, 3.05) is 0 Å². The van der Waals surface area contributed by atoms with Gasteiger partial charge in [0.15, 0.2) is 0 Å². The van der Waals surface area contributed by atoms with Crippen LogP contribution in [0.1, 0.15) is 30.6 Å². The first-order valence-corrected chi connectivity index (χ1v) is 8.82. The van der Waals surface area contributed by atoms with Gasteiger partial charge >= 0.3 is 0 Å². The summed E-state index contributed by atoms with van der Waals surface area (Å²) in [5, 5.41) is 0. The number of halogens is 1. The van der Waals surface area contributed by atoms with E-state index in [4.69, 9.17) is 5.73 Å². The van der Waals surface area contributed by atoms with Crippen molar-refractivity contribution >= 4 is 27.7 Å². The first kappa shape index (κ1) is 16.5. The first-order valence-electron chi connectivity index (χ1n) is 7.04. The largest absolute Gasteiger partial charge is 0.327 e. The number of aryl methyl sites for hydroxylation is 1. The molecule has 112 valence electrons. The molecule has 2 rings (SSSR count). The first-order chi connectivity index (χ1) is 10.1. The Balaban J connectivity index is 2.04. The minimum Gasteiger partial charge on any atom is -0.327 e. The van der Waals surface area contributed by atoms with Gasteiger partial charge in [-0.1, -0.05) is 22.9 Å². The van der Waals surface area contributed by atoms with Gasteiger partial charge in [-0.3, -0.25) is 0 Å². The molecule has 0 amide bonds. The minimum atomic E-state index is 0.172. The average Bonchev–Trinajstić information content (AvgIpc) is 2.46. The van der Waals surface area contributed by atoms with Gasteiger partial charge in [0, 0.05) is 33.2 Å². The molecule has 2 aromatic rings. The van der Waals surface area contributed by atoms with Gasteiger partial charge in [0.1, 0.15) is 5.82 Å². The van der Waals surface area contributed by atoms with Gasteiger partial charge in [-0.15, -0.1) is 11.8 Å². The molecule has 21 heavy (non-hydrogen) atoms. The maximum absolute atomic E-state index is 6.01. The Kier molecular flexibility index (Phi) is 6.21. The Morgan fingerprint density at radius 3 is 2.62 bits per heavy atom. The number of rotatable bonds is 6. The Morgan fingerprint density at radius 2 is 1.95 bits per heavy atom. The van der Waals surface area contributed by atoms with Gasteiger partial charge in [-0.25, -0.2) is 9.97 Å². The Labute approximate surface area is 138 Å². The monoisotopic (exact) mass is 365 g/mol. The molecule has 0 aliphatic heterocycles. The van der Waals surface area contributed by atoms with Gasteiger partial charge in [0.05, 0.1) is 5.75 Å². The summed E-state index contributed by atoms with van der Waals surface area (Å²) in [5.74, 6) is 1.65. The highest BCUT2D eigenvalue weighted by atomic mass is 79.9. The van der Waals surface area contributed by atoms with Crippen molar-refractivity contribution in [3.05, 3.63) is 52.0 Å². The summed E-state index contributed by atoms with van der Waals surface area (Å²) < 4.78 is 1.09. The van der Waals surface area contributed by atoms with Gasteiger partial charge < -0.3 is 5.73 Å². The SMILES string of the molecule is CCC(N)Cc1cc(C)nc(CSc2ccc(Br)cc2)n1. The van der Waals surface area contributed by atoms with Crippen molar-refractivity contribution in [1.82, 2.24) is 9.97 Å². The van der Waals surface area contributed by atoms with E-state index in [9.17, 15) is 0 Å². The second-order valence-corrected chi connectivity index (χ2v) is 7.00. The highest BCUT2D eigenvalue weighted by Crippen LogP contribution is 2.23. The molecule has 0 spiro atoms. The second kappa shape index (κ2) is 7.92. The molecule has 1 aromatic carbocycles. The highest BCUT2D eigenvalue weighted by molar-refractivity contribution is 9.10. The molecule has 3 nitrogen and oxygen atoms in total. The number of nitrogens with two attached hydrogens (primary N) is 1. The highest BCUT2D eigenvalue weighted by Gasteiger charge is 2.07. The molecule has 0 aliphatic carbocycles. The molecule has 5 heteroatoms. The van der Waals surface area contributed by atoms with E-state index in [0.717, 1.165) is 40.3 Å². The van der Waals surface area contributed by atoms with Crippen LogP contribution in [0.5, 0.6) is 0 Å². The number of aromatic nitrogens is 2. The van der Waals surface area contributed by atoms with Crippen LogP contribution in [0.2, 0.25) is 0 Å². The fourth-order valence-corrected chi connectivity index (χ4v) is 2.98. The van der Waals surface area contributed by atoms with E-state index >= 15 is 0 Å². The summed E-state index contributed by atoms with van der Waals surface area (Å²) in [5.41, 5.74) is 8.07. The number of benzene rings is 1. The summed E-state index contributed by atoms with van der Waals surface area (Å²) in [6.45, 7) is 4.11. The molecule has 0 saturated heterocycles. The third-order valence-electron chi connectivity index (χ3n) is 3.13. The van der Waals surface area contributed by atoms with Gasteiger partial charge in [0.2, 0.25) is 0 Å². The van der Waals surface area contributed by atoms with Gasteiger partial charge in [-0.05, 0) is 43.7 Å². The number of hydrogen-bond donors (Lipinski definition) is 1. The van der Waals surface area contributed by atoms with Crippen LogP contribution >= 0.6 is 27.7 Å². The standard InChI is InChI=1S/C16H20BrN3S/c1-3-13(18)9-14-8-11(2)19-16(20-14)10-21-15-6-4-12(17)5-7-15/h4-8,13H,3,9-10,18H2,1-2H3. The van der Waals surface area contributed by atoms with E-state index in [1.165, 1.54) is 4.90 Å². The molecule has 1 unspecified atom stereocenters. The number of thioether (sulfide) groups is 1. The molecule has 1 aromatic heterocycles. The summed E-state index contributed by atoms with van der Waals surface area (Å²) in [6.07, 6.45) is 1.78. The normalized spacial score (nSPS) is 12.4. The summed E-state index contributed by atoms with van der Waals surface area (Å²) in [4.78, 5) is 10.4. The van der Waals surface area contributed by atoms with Crippen molar-refractivity contribution in [1.29, 1.82) is 0 Å². The zero-order valence-electron chi connectivity index (χ0n) is 12.3. The summed E-state index contributed by atoms with van der Waals surface area (Å²) in [6, 6.07) is 10.5. The molecule has 0 fully saturated rings. The van der Waals surface area contributed by atoms with Crippen LogP contribution in [0.15, 0.2) is 39.7 Å². The lowest BCUT2D eigenvalue weighted by Gasteiger charge is -2.10. The van der Waals surface area contributed by atoms with E-state index in [-0.39, 0.29) is 6.04 Å². The molecule has 0 saturated carbocycles. The van der Waals surface area contributed by atoms with Crippen LogP contribution in [0, 0.1) is 6.92 Å². The third-order valence-corrected chi connectivity index (χ3v) is 4.67. The van der Waals surface area contributed by atoms with Crippen molar-refractivity contribution in [2.24, 2.45) is 5.73 Å². The predicted octanol–water partition coefficient (Wildman–Crippen LogP) is 4.12. The topological polar surface area (TPSA) is 51.8 Å². The van der Waals surface area contributed by atoms with E-state index in [1.54, 1.807) is 11.8 Å². The molecule has 0 radical (unpaired) electrons. The lowest BCUT2D eigenvalue weighted by Crippen LogP contribution is -2.22. The van der Waals surface area contributed by atoms with Crippen molar-refractivity contribution in [3.8, 4) is 0 Å². The maximum Gasteiger partial charge on any atom is 0.139 e. The zero-order valence-corrected chi connectivity index (χ0v) is 14.7. The fourth-order valence-electron chi connectivity index (χ4n) is 1.96. The number of hydrogen-bond acceptors (Lipinski definition) is 4. The molecule has 1 atom stereocenters. The van der Waals surface area contributed by atoms with Crippen LogP contribution in [-0.2, 0) is 12.2 Å². The van der Waals surface area contributed by atoms with Crippen LogP contribution in [0.4, 0.5) is 0 Å². The summed E-state index contributed by atoms with van der Waals surface area (Å²) in [7, 11) is 0. The smallest absolute Gasteiger partial charge is 0.139 e. The van der Waals surface area contributed by atoms with Crippen LogP contribution in [0.3, 0.4) is 0 Å². The molecule has 1 heterocycles. The average molecular weight is 366 g/mol. The van der Waals surface area contributed by atoms with Gasteiger partial charge in [0.25, 0.3) is 0 Å².